The SMILES string of the molecule is N#Cc1c2c(n(CC3CCCO3)c1NC(=O)CN1CCN(CCO)CC1)CCCC2. The summed E-state index contributed by atoms with van der Waals surface area (Å²) in [5.74, 6) is 0.606. The van der Waals surface area contributed by atoms with Crippen LogP contribution < -0.4 is 5.32 Å². The van der Waals surface area contributed by atoms with Gasteiger partial charge in [-0.1, -0.05) is 0 Å². The lowest BCUT2D eigenvalue weighted by Gasteiger charge is -2.33. The molecule has 4 rings (SSSR count). The fourth-order valence-corrected chi connectivity index (χ4v) is 5.00. The largest absolute Gasteiger partial charge is 0.395 e. The summed E-state index contributed by atoms with van der Waals surface area (Å²) < 4.78 is 8.02. The lowest BCUT2D eigenvalue weighted by Crippen LogP contribution is -2.49. The van der Waals surface area contributed by atoms with E-state index in [4.69, 9.17) is 9.84 Å². The van der Waals surface area contributed by atoms with E-state index in [9.17, 15) is 10.1 Å². The van der Waals surface area contributed by atoms with Gasteiger partial charge in [0, 0.05) is 45.0 Å². The Bertz CT molecular complexity index is 786. The van der Waals surface area contributed by atoms with Crippen LogP contribution in [0, 0.1) is 11.3 Å². The zero-order chi connectivity index (χ0) is 20.9. The highest BCUT2D eigenvalue weighted by molar-refractivity contribution is 5.93. The minimum atomic E-state index is -0.0643. The third-order valence-electron chi connectivity index (χ3n) is 6.60. The van der Waals surface area contributed by atoms with Gasteiger partial charge in [-0.25, -0.2) is 0 Å². The van der Waals surface area contributed by atoms with Crippen molar-refractivity contribution in [1.29, 1.82) is 5.26 Å². The number of nitriles is 1. The number of anilines is 1. The van der Waals surface area contributed by atoms with Crippen LogP contribution in [-0.2, 0) is 28.9 Å². The molecule has 1 amide bonds. The van der Waals surface area contributed by atoms with Crippen molar-refractivity contribution in [1.82, 2.24) is 14.4 Å². The average molecular weight is 416 g/mol. The molecule has 0 radical (unpaired) electrons. The first-order valence-corrected chi connectivity index (χ1v) is 11.3. The van der Waals surface area contributed by atoms with Crippen LogP contribution in [0.4, 0.5) is 5.82 Å². The van der Waals surface area contributed by atoms with Gasteiger partial charge < -0.3 is 19.7 Å². The zero-order valence-corrected chi connectivity index (χ0v) is 17.7. The van der Waals surface area contributed by atoms with Crippen molar-refractivity contribution in [2.45, 2.75) is 51.2 Å². The van der Waals surface area contributed by atoms with Crippen molar-refractivity contribution in [3.63, 3.8) is 0 Å². The van der Waals surface area contributed by atoms with E-state index < -0.39 is 0 Å². The fourth-order valence-electron chi connectivity index (χ4n) is 5.00. The third kappa shape index (κ3) is 4.70. The maximum atomic E-state index is 12.9. The van der Waals surface area contributed by atoms with Crippen molar-refractivity contribution in [3.05, 3.63) is 16.8 Å². The molecule has 1 atom stereocenters. The molecule has 3 aliphatic rings. The van der Waals surface area contributed by atoms with Crippen LogP contribution >= 0.6 is 0 Å². The minimum Gasteiger partial charge on any atom is -0.395 e. The highest BCUT2D eigenvalue weighted by Crippen LogP contribution is 2.34. The van der Waals surface area contributed by atoms with Gasteiger partial charge in [0.05, 0.1) is 31.4 Å². The molecule has 1 unspecified atom stereocenters. The smallest absolute Gasteiger partial charge is 0.239 e. The Balaban J connectivity index is 1.47. The molecular formula is C22H33N5O3. The first kappa shape index (κ1) is 21.3. The monoisotopic (exact) mass is 415 g/mol. The van der Waals surface area contributed by atoms with Gasteiger partial charge in [0.15, 0.2) is 0 Å². The molecule has 164 valence electrons. The van der Waals surface area contributed by atoms with E-state index >= 15 is 0 Å². The molecule has 0 bridgehead atoms. The van der Waals surface area contributed by atoms with E-state index in [1.807, 2.05) is 0 Å². The van der Waals surface area contributed by atoms with Crippen LogP contribution in [-0.4, -0.2) is 84.0 Å². The number of aliphatic hydroxyl groups is 1. The highest BCUT2D eigenvalue weighted by Gasteiger charge is 2.29. The number of piperazine rings is 1. The summed E-state index contributed by atoms with van der Waals surface area (Å²) >= 11 is 0. The fraction of sp³-hybridized carbons (Fsp3) is 0.727. The molecule has 2 aliphatic heterocycles. The molecule has 3 heterocycles. The number of nitrogens with zero attached hydrogens (tertiary/aromatic N) is 4. The Morgan fingerprint density at radius 3 is 2.63 bits per heavy atom. The normalized spacial score (nSPS) is 22.6. The molecule has 1 aromatic rings. The quantitative estimate of drug-likeness (QED) is 0.689. The molecule has 2 saturated heterocycles. The van der Waals surface area contributed by atoms with Gasteiger partial charge in [-0.3, -0.25) is 14.6 Å². The Morgan fingerprint density at radius 1 is 1.17 bits per heavy atom. The van der Waals surface area contributed by atoms with Gasteiger partial charge >= 0.3 is 0 Å². The summed E-state index contributed by atoms with van der Waals surface area (Å²) in [4.78, 5) is 17.3. The predicted molar refractivity (Wildman–Crippen MR) is 113 cm³/mol. The number of amides is 1. The highest BCUT2D eigenvalue weighted by atomic mass is 16.5. The molecule has 0 spiro atoms. The average Bonchev–Trinajstić information content (AvgIpc) is 3.37. The van der Waals surface area contributed by atoms with Crippen LogP contribution in [0.1, 0.15) is 42.5 Å². The topological polar surface area (TPSA) is 93.8 Å². The molecule has 2 N–H and O–H groups in total. The van der Waals surface area contributed by atoms with Crippen molar-refractivity contribution >= 4 is 11.7 Å². The van der Waals surface area contributed by atoms with Crippen LogP contribution in [0.3, 0.4) is 0 Å². The van der Waals surface area contributed by atoms with Crippen molar-refractivity contribution in [3.8, 4) is 6.07 Å². The first-order chi connectivity index (χ1) is 14.7. The minimum absolute atomic E-state index is 0.0643. The summed E-state index contributed by atoms with van der Waals surface area (Å²) in [6, 6.07) is 2.38. The Morgan fingerprint density at radius 2 is 1.93 bits per heavy atom. The van der Waals surface area contributed by atoms with E-state index in [1.54, 1.807) is 0 Å². The van der Waals surface area contributed by atoms with Gasteiger partial charge in [-0.2, -0.15) is 5.26 Å². The zero-order valence-electron chi connectivity index (χ0n) is 17.7. The summed E-state index contributed by atoms with van der Waals surface area (Å²) in [5.41, 5.74) is 2.97. The van der Waals surface area contributed by atoms with E-state index in [1.165, 1.54) is 5.69 Å². The standard InChI is InChI=1S/C22H33N5O3/c23-14-19-18-5-1-2-6-20(18)27(15-17-4-3-13-30-17)22(19)24-21(29)16-26-9-7-25(8-10-26)11-12-28/h17,28H,1-13,15-16H2,(H,24,29). The predicted octanol–water partition coefficient (Wildman–Crippen LogP) is 0.966. The van der Waals surface area contributed by atoms with Gasteiger partial charge in [0.2, 0.25) is 5.91 Å². The Hall–Kier alpha value is -1.92. The maximum Gasteiger partial charge on any atom is 0.239 e. The molecule has 8 heteroatoms. The van der Waals surface area contributed by atoms with Crippen LogP contribution in [0.15, 0.2) is 0 Å². The number of β-amino-alcohol motifs (C(OH)–C–C–N with tert-alkyl or cyclic N) is 1. The number of fused-ring (bicyclic) bond motifs is 1. The van der Waals surface area contributed by atoms with Crippen molar-refractivity contribution in [2.75, 3.05) is 57.8 Å². The van der Waals surface area contributed by atoms with E-state index in [-0.39, 0.29) is 18.6 Å². The number of ether oxygens (including phenoxy) is 1. The molecule has 0 aromatic carbocycles. The Kier molecular flexibility index (Phi) is 7.05. The van der Waals surface area contributed by atoms with Gasteiger partial charge in [0.1, 0.15) is 11.9 Å². The lowest BCUT2D eigenvalue weighted by molar-refractivity contribution is -0.117. The van der Waals surface area contributed by atoms with Crippen LogP contribution in [0.25, 0.3) is 0 Å². The maximum absolute atomic E-state index is 12.9. The number of carbonyl (C=O) groups excluding carboxylic acids is 1. The number of nitrogens with one attached hydrogen (secondary N) is 1. The number of aromatic nitrogens is 1. The van der Waals surface area contributed by atoms with Crippen LogP contribution in [0.2, 0.25) is 0 Å². The summed E-state index contributed by atoms with van der Waals surface area (Å²) in [6.07, 6.45) is 6.34. The molecule has 2 fully saturated rings. The second-order valence-electron chi connectivity index (χ2n) is 8.60. The molecule has 8 nitrogen and oxygen atoms in total. The second kappa shape index (κ2) is 9.92. The van der Waals surface area contributed by atoms with Gasteiger partial charge in [0.25, 0.3) is 0 Å². The lowest BCUT2D eigenvalue weighted by atomic mass is 9.95. The van der Waals surface area contributed by atoms with Crippen molar-refractivity contribution in [2.24, 2.45) is 0 Å². The number of carbonyl (C=O) groups is 1. The molecule has 0 saturated carbocycles. The molecule has 1 aromatic heterocycles. The number of rotatable bonds is 7. The first-order valence-electron chi connectivity index (χ1n) is 11.3. The third-order valence-corrected chi connectivity index (χ3v) is 6.60. The Labute approximate surface area is 178 Å². The molecule has 1 aliphatic carbocycles. The van der Waals surface area contributed by atoms with Gasteiger partial charge in [-0.15, -0.1) is 0 Å². The second-order valence-corrected chi connectivity index (χ2v) is 8.60. The van der Waals surface area contributed by atoms with E-state index in [2.05, 4.69) is 25.8 Å². The summed E-state index contributed by atoms with van der Waals surface area (Å²) in [7, 11) is 0. The summed E-state index contributed by atoms with van der Waals surface area (Å²) in [6.45, 7) is 6.04. The molecule has 30 heavy (non-hydrogen) atoms. The van der Waals surface area contributed by atoms with Crippen molar-refractivity contribution < 1.29 is 14.6 Å². The number of hydrogen-bond acceptors (Lipinski definition) is 6. The molecular weight excluding hydrogens is 382 g/mol. The van der Waals surface area contributed by atoms with E-state index in [0.717, 1.165) is 76.9 Å². The van der Waals surface area contributed by atoms with Crippen LogP contribution in [0.5, 0.6) is 0 Å². The number of aliphatic hydroxyl groups excluding tert-OH is 1. The van der Waals surface area contributed by atoms with E-state index in [0.29, 0.717) is 31.0 Å². The van der Waals surface area contributed by atoms with Gasteiger partial charge in [-0.05, 0) is 44.1 Å². The summed E-state index contributed by atoms with van der Waals surface area (Å²) in [5, 5.41) is 22.1. The number of hydrogen-bond donors (Lipinski definition) is 2.